The molecule has 1 aromatic rings. The molecular formula is C16H26N2O. The van der Waals surface area contributed by atoms with Gasteiger partial charge in [0.25, 0.3) is 0 Å². The van der Waals surface area contributed by atoms with Crippen molar-refractivity contribution >= 4 is 11.6 Å². The predicted molar refractivity (Wildman–Crippen MR) is 81.0 cm³/mol. The van der Waals surface area contributed by atoms with Crippen molar-refractivity contribution in [3.05, 3.63) is 29.8 Å². The number of anilines is 1. The Morgan fingerprint density at radius 3 is 2.16 bits per heavy atom. The number of amides is 1. The van der Waals surface area contributed by atoms with Crippen LogP contribution in [0.25, 0.3) is 0 Å². The molecule has 0 spiro atoms. The van der Waals surface area contributed by atoms with Gasteiger partial charge in [0.05, 0.1) is 5.41 Å². The Labute approximate surface area is 116 Å². The van der Waals surface area contributed by atoms with Gasteiger partial charge >= 0.3 is 0 Å². The molecule has 1 aromatic carbocycles. The highest BCUT2D eigenvalue weighted by Crippen LogP contribution is 2.25. The van der Waals surface area contributed by atoms with Crippen LogP contribution in [0.1, 0.15) is 53.0 Å². The van der Waals surface area contributed by atoms with E-state index in [1.54, 1.807) is 0 Å². The molecular weight excluding hydrogens is 236 g/mol. The van der Waals surface area contributed by atoms with Gasteiger partial charge in [0.15, 0.2) is 0 Å². The standard InChI is InChI=1S/C16H26N2O/c1-6-11-15(2,3)18-14(19)16(4,5)12-7-9-13(17)10-8-12/h7-10H,6,11,17H2,1-5H3,(H,18,19). The smallest absolute Gasteiger partial charge is 0.230 e. The van der Waals surface area contributed by atoms with Crippen LogP contribution in [0.15, 0.2) is 24.3 Å². The highest BCUT2D eigenvalue weighted by molar-refractivity contribution is 5.87. The van der Waals surface area contributed by atoms with Gasteiger partial charge in [-0.1, -0.05) is 25.5 Å². The number of benzene rings is 1. The lowest BCUT2D eigenvalue weighted by Crippen LogP contribution is -2.50. The Balaban J connectivity index is 2.88. The minimum atomic E-state index is -0.557. The first-order chi connectivity index (χ1) is 8.69. The Morgan fingerprint density at radius 1 is 1.16 bits per heavy atom. The van der Waals surface area contributed by atoms with Crippen molar-refractivity contribution in [3.63, 3.8) is 0 Å². The van der Waals surface area contributed by atoms with E-state index in [-0.39, 0.29) is 11.4 Å². The normalized spacial score (nSPS) is 12.3. The molecule has 1 rings (SSSR count). The number of nitrogen functional groups attached to an aromatic ring is 1. The molecule has 0 heterocycles. The van der Waals surface area contributed by atoms with Crippen molar-refractivity contribution in [2.75, 3.05) is 5.73 Å². The predicted octanol–water partition coefficient (Wildman–Crippen LogP) is 3.24. The summed E-state index contributed by atoms with van der Waals surface area (Å²) < 4.78 is 0. The molecule has 0 fully saturated rings. The molecule has 106 valence electrons. The Bertz CT molecular complexity index is 433. The summed E-state index contributed by atoms with van der Waals surface area (Å²) in [6, 6.07) is 7.51. The van der Waals surface area contributed by atoms with Gasteiger partial charge in [0.2, 0.25) is 5.91 Å². The maximum Gasteiger partial charge on any atom is 0.230 e. The summed E-state index contributed by atoms with van der Waals surface area (Å²) in [6.45, 7) is 10.1. The van der Waals surface area contributed by atoms with Crippen LogP contribution >= 0.6 is 0 Å². The van der Waals surface area contributed by atoms with Gasteiger partial charge < -0.3 is 11.1 Å². The van der Waals surface area contributed by atoms with E-state index in [2.05, 4.69) is 26.1 Å². The van der Waals surface area contributed by atoms with Crippen LogP contribution in [-0.2, 0) is 10.2 Å². The summed E-state index contributed by atoms with van der Waals surface area (Å²) >= 11 is 0. The first-order valence-electron chi connectivity index (χ1n) is 6.87. The Kier molecular flexibility index (Phi) is 4.61. The van der Waals surface area contributed by atoms with Crippen LogP contribution in [0.2, 0.25) is 0 Å². The van der Waals surface area contributed by atoms with E-state index in [1.165, 1.54) is 0 Å². The van der Waals surface area contributed by atoms with Crippen molar-refractivity contribution in [2.24, 2.45) is 0 Å². The first-order valence-corrected chi connectivity index (χ1v) is 6.87. The first kappa shape index (κ1) is 15.5. The largest absolute Gasteiger partial charge is 0.399 e. The van der Waals surface area contributed by atoms with Crippen molar-refractivity contribution in [1.29, 1.82) is 0 Å². The van der Waals surface area contributed by atoms with E-state index in [4.69, 9.17) is 5.73 Å². The van der Waals surface area contributed by atoms with E-state index in [1.807, 2.05) is 38.1 Å². The SMILES string of the molecule is CCCC(C)(C)NC(=O)C(C)(C)c1ccc(N)cc1. The van der Waals surface area contributed by atoms with Crippen LogP contribution in [0.5, 0.6) is 0 Å². The quantitative estimate of drug-likeness (QED) is 0.800. The van der Waals surface area contributed by atoms with E-state index in [0.717, 1.165) is 18.4 Å². The zero-order chi connectivity index (χ0) is 14.7. The maximum atomic E-state index is 12.5. The number of hydrogen-bond acceptors (Lipinski definition) is 2. The number of hydrogen-bond donors (Lipinski definition) is 2. The molecule has 0 aliphatic carbocycles. The minimum Gasteiger partial charge on any atom is -0.399 e. The molecule has 0 saturated heterocycles. The van der Waals surface area contributed by atoms with Crippen molar-refractivity contribution in [3.8, 4) is 0 Å². The molecule has 3 heteroatoms. The van der Waals surface area contributed by atoms with E-state index in [0.29, 0.717) is 5.69 Å². The number of nitrogens with two attached hydrogens (primary N) is 1. The van der Waals surface area contributed by atoms with Crippen LogP contribution in [-0.4, -0.2) is 11.4 Å². The second-order valence-electron chi connectivity index (χ2n) is 6.34. The lowest BCUT2D eigenvalue weighted by molar-refractivity contribution is -0.127. The monoisotopic (exact) mass is 262 g/mol. The van der Waals surface area contributed by atoms with Gasteiger partial charge in [-0.15, -0.1) is 0 Å². The van der Waals surface area contributed by atoms with Crippen molar-refractivity contribution < 1.29 is 4.79 Å². The number of carbonyl (C=O) groups is 1. The van der Waals surface area contributed by atoms with Crippen molar-refractivity contribution in [2.45, 2.75) is 58.4 Å². The van der Waals surface area contributed by atoms with Crippen LogP contribution in [0, 0.1) is 0 Å². The molecule has 1 amide bonds. The highest BCUT2D eigenvalue weighted by Gasteiger charge is 2.33. The molecule has 3 N–H and O–H groups in total. The fraction of sp³-hybridized carbons (Fsp3) is 0.562. The third-order valence-electron chi connectivity index (χ3n) is 3.53. The second kappa shape index (κ2) is 5.64. The lowest BCUT2D eigenvalue weighted by atomic mass is 9.82. The van der Waals surface area contributed by atoms with Gasteiger partial charge in [-0.2, -0.15) is 0 Å². The number of rotatable bonds is 5. The van der Waals surface area contributed by atoms with Crippen LogP contribution in [0.3, 0.4) is 0 Å². The molecule has 3 nitrogen and oxygen atoms in total. The van der Waals surface area contributed by atoms with Gasteiger partial charge in [0, 0.05) is 11.2 Å². The topological polar surface area (TPSA) is 55.1 Å². The Hall–Kier alpha value is -1.51. The fourth-order valence-electron chi connectivity index (χ4n) is 2.18. The average Bonchev–Trinajstić information content (AvgIpc) is 2.28. The van der Waals surface area contributed by atoms with Gasteiger partial charge in [-0.25, -0.2) is 0 Å². The van der Waals surface area contributed by atoms with Gasteiger partial charge in [-0.3, -0.25) is 4.79 Å². The summed E-state index contributed by atoms with van der Waals surface area (Å²) in [7, 11) is 0. The summed E-state index contributed by atoms with van der Waals surface area (Å²) in [5.41, 5.74) is 6.65. The second-order valence-corrected chi connectivity index (χ2v) is 6.34. The number of nitrogens with one attached hydrogen (secondary N) is 1. The maximum absolute atomic E-state index is 12.5. The Morgan fingerprint density at radius 2 is 1.68 bits per heavy atom. The van der Waals surface area contributed by atoms with E-state index in [9.17, 15) is 4.79 Å². The summed E-state index contributed by atoms with van der Waals surface area (Å²) in [4.78, 5) is 12.5. The third kappa shape index (κ3) is 3.98. The number of carbonyl (C=O) groups excluding carboxylic acids is 1. The lowest BCUT2D eigenvalue weighted by Gasteiger charge is -2.32. The van der Waals surface area contributed by atoms with Gasteiger partial charge in [0.1, 0.15) is 0 Å². The third-order valence-corrected chi connectivity index (χ3v) is 3.53. The van der Waals surface area contributed by atoms with Crippen LogP contribution in [0.4, 0.5) is 5.69 Å². The summed E-state index contributed by atoms with van der Waals surface area (Å²) in [5, 5.41) is 3.14. The molecule has 0 aromatic heterocycles. The average molecular weight is 262 g/mol. The van der Waals surface area contributed by atoms with Crippen LogP contribution < -0.4 is 11.1 Å². The minimum absolute atomic E-state index is 0.0516. The molecule has 0 atom stereocenters. The zero-order valence-corrected chi connectivity index (χ0v) is 12.7. The summed E-state index contributed by atoms with van der Waals surface area (Å²) in [6.07, 6.45) is 2.02. The molecule has 0 aliphatic rings. The molecule has 0 radical (unpaired) electrons. The van der Waals surface area contributed by atoms with E-state index >= 15 is 0 Å². The highest BCUT2D eigenvalue weighted by atomic mass is 16.2. The van der Waals surface area contributed by atoms with Crippen molar-refractivity contribution in [1.82, 2.24) is 5.32 Å². The van der Waals surface area contributed by atoms with E-state index < -0.39 is 5.41 Å². The van der Waals surface area contributed by atoms with Gasteiger partial charge in [-0.05, 0) is 51.8 Å². The fourth-order valence-corrected chi connectivity index (χ4v) is 2.18. The molecule has 0 saturated carbocycles. The molecule has 0 aliphatic heterocycles. The zero-order valence-electron chi connectivity index (χ0n) is 12.7. The summed E-state index contributed by atoms with van der Waals surface area (Å²) in [5.74, 6) is 0.0516. The molecule has 0 bridgehead atoms. The molecule has 19 heavy (non-hydrogen) atoms. The molecule has 0 unspecified atom stereocenters.